The summed E-state index contributed by atoms with van der Waals surface area (Å²) in [5.74, 6) is 0. The Kier molecular flexibility index (Phi) is 3.37. The van der Waals surface area contributed by atoms with Crippen LogP contribution in [0.4, 0.5) is 11.4 Å². The first-order valence-electron chi connectivity index (χ1n) is 6.37. The van der Waals surface area contributed by atoms with Crippen LogP contribution in [-0.4, -0.2) is 13.0 Å². The van der Waals surface area contributed by atoms with Gasteiger partial charge < -0.3 is 5.32 Å². The van der Waals surface area contributed by atoms with Gasteiger partial charge in [0.05, 0.1) is 5.69 Å². The molecule has 0 saturated heterocycles. The van der Waals surface area contributed by atoms with Crippen LogP contribution >= 0.6 is 0 Å². The molecule has 0 aliphatic carbocycles. The Balaban J connectivity index is 2.12. The third kappa shape index (κ3) is 2.74. The third-order valence-electron chi connectivity index (χ3n) is 3.22. The zero-order chi connectivity index (χ0) is 14.9. The number of hydrogen-bond donors (Lipinski definition) is 2. The van der Waals surface area contributed by atoms with E-state index in [2.05, 4.69) is 5.32 Å². The second kappa shape index (κ2) is 5.20. The lowest BCUT2D eigenvalue weighted by atomic mass is 10.1. The van der Waals surface area contributed by atoms with E-state index in [1.165, 1.54) is 6.07 Å². The molecular formula is C16H13NO3S. The van der Waals surface area contributed by atoms with Crippen molar-refractivity contribution < 1.29 is 13.0 Å². The summed E-state index contributed by atoms with van der Waals surface area (Å²) in [5.41, 5.74) is 1.13. The Hall–Kier alpha value is -2.37. The summed E-state index contributed by atoms with van der Waals surface area (Å²) in [5, 5.41) is 5.11. The molecule has 0 amide bonds. The first kappa shape index (κ1) is 13.6. The predicted molar refractivity (Wildman–Crippen MR) is 83.5 cm³/mol. The highest BCUT2D eigenvalue weighted by Crippen LogP contribution is 2.29. The number of benzene rings is 3. The normalized spacial score (nSPS) is 11.5. The first-order chi connectivity index (χ1) is 10.1. The Morgan fingerprint density at radius 3 is 2.19 bits per heavy atom. The Morgan fingerprint density at radius 1 is 0.762 bits per heavy atom. The summed E-state index contributed by atoms with van der Waals surface area (Å²) in [6.07, 6.45) is 0. The molecule has 0 spiro atoms. The number of fused-ring (bicyclic) bond motifs is 1. The molecule has 3 aromatic carbocycles. The van der Waals surface area contributed by atoms with Crippen molar-refractivity contribution in [1.29, 1.82) is 0 Å². The van der Waals surface area contributed by atoms with Gasteiger partial charge in [0.25, 0.3) is 10.1 Å². The van der Waals surface area contributed by atoms with E-state index in [9.17, 15) is 13.0 Å². The zero-order valence-corrected chi connectivity index (χ0v) is 11.8. The second-order valence-corrected chi connectivity index (χ2v) is 6.01. The smallest absolute Gasteiger partial charge is 0.296 e. The Bertz CT molecular complexity index is 899. The molecule has 0 heterocycles. The minimum atomic E-state index is -4.27. The van der Waals surface area contributed by atoms with Crippen molar-refractivity contribution in [3.05, 3.63) is 66.7 Å². The van der Waals surface area contributed by atoms with Crippen LogP contribution in [0.5, 0.6) is 0 Å². The molecule has 0 aromatic heterocycles. The van der Waals surface area contributed by atoms with Gasteiger partial charge in [-0.25, -0.2) is 0 Å². The lowest BCUT2D eigenvalue weighted by Gasteiger charge is -2.12. The van der Waals surface area contributed by atoms with E-state index in [4.69, 9.17) is 0 Å². The third-order valence-corrected chi connectivity index (χ3v) is 4.14. The molecule has 0 bridgehead atoms. The maximum absolute atomic E-state index is 11.4. The van der Waals surface area contributed by atoms with Crippen LogP contribution in [-0.2, 0) is 10.1 Å². The average molecular weight is 299 g/mol. The summed E-state index contributed by atoms with van der Waals surface area (Å²) in [6.45, 7) is 0. The van der Waals surface area contributed by atoms with Crippen LogP contribution in [0.15, 0.2) is 71.6 Å². The van der Waals surface area contributed by atoms with Crippen molar-refractivity contribution in [2.45, 2.75) is 4.90 Å². The number of para-hydroxylation sites is 1. The standard InChI is InChI=1S/C16H13NO3S/c18-21(19,20)16-11-4-3-9-15(16)17-14-10-5-7-12-6-1-2-8-13(12)14/h1-11,17H,(H,18,19,20). The highest BCUT2D eigenvalue weighted by molar-refractivity contribution is 7.86. The molecule has 0 aliphatic heterocycles. The van der Waals surface area contributed by atoms with E-state index >= 15 is 0 Å². The second-order valence-electron chi connectivity index (χ2n) is 4.62. The van der Waals surface area contributed by atoms with E-state index in [1.54, 1.807) is 18.2 Å². The van der Waals surface area contributed by atoms with Gasteiger partial charge in [0.2, 0.25) is 0 Å². The fraction of sp³-hybridized carbons (Fsp3) is 0. The molecule has 0 saturated carbocycles. The highest BCUT2D eigenvalue weighted by atomic mass is 32.2. The number of hydrogen-bond acceptors (Lipinski definition) is 3. The van der Waals surface area contributed by atoms with Crippen molar-refractivity contribution in [2.24, 2.45) is 0 Å². The van der Waals surface area contributed by atoms with E-state index in [-0.39, 0.29) is 4.90 Å². The van der Waals surface area contributed by atoms with Crippen LogP contribution in [0.1, 0.15) is 0 Å². The maximum atomic E-state index is 11.4. The predicted octanol–water partition coefficient (Wildman–Crippen LogP) is 3.83. The van der Waals surface area contributed by atoms with Crippen LogP contribution in [0.25, 0.3) is 10.8 Å². The molecular weight excluding hydrogens is 286 g/mol. The first-order valence-corrected chi connectivity index (χ1v) is 7.81. The van der Waals surface area contributed by atoms with Gasteiger partial charge in [-0.3, -0.25) is 4.55 Å². The quantitative estimate of drug-likeness (QED) is 0.721. The van der Waals surface area contributed by atoms with Crippen molar-refractivity contribution in [2.75, 3.05) is 5.32 Å². The fourth-order valence-corrected chi connectivity index (χ4v) is 2.92. The topological polar surface area (TPSA) is 66.4 Å². The molecule has 4 nitrogen and oxygen atoms in total. The van der Waals surface area contributed by atoms with E-state index in [1.807, 2.05) is 42.5 Å². The Labute approximate surface area is 122 Å². The van der Waals surface area contributed by atoms with Crippen molar-refractivity contribution in [1.82, 2.24) is 0 Å². The van der Waals surface area contributed by atoms with Crippen LogP contribution in [0, 0.1) is 0 Å². The Morgan fingerprint density at radius 2 is 1.38 bits per heavy atom. The monoisotopic (exact) mass is 299 g/mol. The van der Waals surface area contributed by atoms with Gasteiger partial charge in [-0.15, -0.1) is 0 Å². The zero-order valence-electron chi connectivity index (χ0n) is 11.0. The summed E-state index contributed by atoms with van der Waals surface area (Å²) in [4.78, 5) is -0.141. The van der Waals surface area contributed by atoms with Crippen molar-refractivity contribution >= 4 is 32.3 Å². The van der Waals surface area contributed by atoms with Crippen molar-refractivity contribution in [3.8, 4) is 0 Å². The molecule has 106 valence electrons. The molecule has 3 aromatic rings. The van der Waals surface area contributed by atoms with E-state index < -0.39 is 10.1 Å². The molecule has 0 atom stereocenters. The van der Waals surface area contributed by atoms with Crippen LogP contribution < -0.4 is 5.32 Å². The molecule has 0 unspecified atom stereocenters. The summed E-state index contributed by atoms with van der Waals surface area (Å²) in [6, 6.07) is 19.8. The highest BCUT2D eigenvalue weighted by Gasteiger charge is 2.15. The lowest BCUT2D eigenvalue weighted by molar-refractivity contribution is 0.483. The average Bonchev–Trinajstić information content (AvgIpc) is 2.47. The van der Waals surface area contributed by atoms with Gasteiger partial charge in [-0.2, -0.15) is 8.42 Å². The molecule has 2 N–H and O–H groups in total. The number of nitrogens with one attached hydrogen (secondary N) is 1. The van der Waals surface area contributed by atoms with E-state index in [0.717, 1.165) is 16.5 Å². The van der Waals surface area contributed by atoms with Gasteiger partial charge in [-0.1, -0.05) is 48.5 Å². The molecule has 0 radical (unpaired) electrons. The van der Waals surface area contributed by atoms with Gasteiger partial charge in [-0.05, 0) is 23.6 Å². The number of rotatable bonds is 3. The van der Waals surface area contributed by atoms with Gasteiger partial charge in [0.15, 0.2) is 0 Å². The summed E-state index contributed by atoms with van der Waals surface area (Å²) >= 11 is 0. The SMILES string of the molecule is O=S(=O)(O)c1ccccc1Nc1cccc2ccccc12. The minimum absolute atomic E-state index is 0.141. The molecule has 21 heavy (non-hydrogen) atoms. The number of anilines is 2. The van der Waals surface area contributed by atoms with Crippen LogP contribution in [0.2, 0.25) is 0 Å². The molecule has 0 fully saturated rings. The lowest BCUT2D eigenvalue weighted by Crippen LogP contribution is -2.03. The summed E-state index contributed by atoms with van der Waals surface area (Å²) < 4.78 is 32.1. The molecule has 0 aliphatic rings. The molecule has 3 rings (SSSR count). The van der Waals surface area contributed by atoms with Gasteiger partial charge in [0.1, 0.15) is 4.90 Å². The summed E-state index contributed by atoms with van der Waals surface area (Å²) in [7, 11) is -4.27. The van der Waals surface area contributed by atoms with Gasteiger partial charge in [0, 0.05) is 11.1 Å². The van der Waals surface area contributed by atoms with Gasteiger partial charge >= 0.3 is 0 Å². The van der Waals surface area contributed by atoms with Crippen molar-refractivity contribution in [3.63, 3.8) is 0 Å². The fourth-order valence-electron chi connectivity index (χ4n) is 2.27. The van der Waals surface area contributed by atoms with E-state index in [0.29, 0.717) is 5.69 Å². The largest absolute Gasteiger partial charge is 0.354 e. The minimum Gasteiger partial charge on any atom is -0.354 e. The maximum Gasteiger partial charge on any atom is 0.296 e. The van der Waals surface area contributed by atoms with Crippen LogP contribution in [0.3, 0.4) is 0 Å². The molecule has 5 heteroatoms.